The highest BCUT2D eigenvalue weighted by Gasteiger charge is 2.19. The van der Waals surface area contributed by atoms with Gasteiger partial charge in [0.15, 0.2) is 0 Å². The van der Waals surface area contributed by atoms with Crippen LogP contribution in [0, 0.1) is 10.1 Å². The van der Waals surface area contributed by atoms with E-state index in [4.69, 9.17) is 10.5 Å². The highest BCUT2D eigenvalue weighted by atomic mass is 16.6. The van der Waals surface area contributed by atoms with E-state index in [1.807, 2.05) is 0 Å². The van der Waals surface area contributed by atoms with Crippen LogP contribution in [0.4, 0.5) is 11.5 Å². The first-order valence-electron chi connectivity index (χ1n) is 5.27. The fraction of sp³-hybridized carbons (Fsp3) is 0.182. The van der Waals surface area contributed by atoms with Crippen molar-refractivity contribution in [3.8, 4) is 0 Å². The Kier molecular flexibility index (Phi) is 2.88. The second-order valence-electron chi connectivity index (χ2n) is 3.62. The Bertz CT molecular complexity index is 632. The van der Waals surface area contributed by atoms with Crippen LogP contribution in [0.2, 0.25) is 0 Å². The van der Waals surface area contributed by atoms with Crippen LogP contribution >= 0.6 is 0 Å². The lowest BCUT2D eigenvalue weighted by Crippen LogP contribution is -2.06. The minimum absolute atomic E-state index is 0.0702. The van der Waals surface area contributed by atoms with Gasteiger partial charge in [-0.2, -0.15) is 0 Å². The number of aromatic amines is 1. The van der Waals surface area contributed by atoms with Gasteiger partial charge in [-0.25, -0.2) is 4.79 Å². The van der Waals surface area contributed by atoms with Crippen molar-refractivity contribution in [3.05, 3.63) is 33.9 Å². The Morgan fingerprint density at radius 2 is 2.28 bits per heavy atom. The van der Waals surface area contributed by atoms with E-state index in [1.54, 1.807) is 6.92 Å². The number of ether oxygens (including phenoxy) is 1. The number of nitrogens with two attached hydrogens (primary N) is 1. The molecule has 1 heterocycles. The van der Waals surface area contributed by atoms with E-state index >= 15 is 0 Å². The molecule has 18 heavy (non-hydrogen) atoms. The molecule has 2 rings (SSSR count). The van der Waals surface area contributed by atoms with Gasteiger partial charge in [-0.3, -0.25) is 10.1 Å². The number of H-pyrrole nitrogens is 1. The highest BCUT2D eigenvalue weighted by molar-refractivity contribution is 6.09. The van der Waals surface area contributed by atoms with Crippen molar-refractivity contribution < 1.29 is 14.5 Å². The zero-order chi connectivity index (χ0) is 13.3. The van der Waals surface area contributed by atoms with E-state index in [1.165, 1.54) is 18.2 Å². The maximum absolute atomic E-state index is 11.7. The monoisotopic (exact) mass is 249 g/mol. The summed E-state index contributed by atoms with van der Waals surface area (Å²) in [7, 11) is 0. The van der Waals surface area contributed by atoms with Crippen LogP contribution in [-0.4, -0.2) is 22.5 Å². The fourth-order valence-corrected chi connectivity index (χ4v) is 1.74. The lowest BCUT2D eigenvalue weighted by atomic mass is 10.1. The molecule has 7 nitrogen and oxygen atoms in total. The molecule has 0 saturated heterocycles. The summed E-state index contributed by atoms with van der Waals surface area (Å²) in [6, 6.07) is 4.12. The predicted octanol–water partition coefficient (Wildman–Crippen LogP) is 1.83. The lowest BCUT2D eigenvalue weighted by Gasteiger charge is -2.00. The van der Waals surface area contributed by atoms with Crippen LogP contribution in [0.25, 0.3) is 10.9 Å². The molecule has 0 atom stereocenters. The van der Waals surface area contributed by atoms with Gasteiger partial charge >= 0.3 is 5.97 Å². The number of nitrogens with one attached hydrogen (secondary N) is 1. The number of carbonyl (C=O) groups is 1. The van der Waals surface area contributed by atoms with Gasteiger partial charge in [-0.15, -0.1) is 0 Å². The quantitative estimate of drug-likeness (QED) is 0.489. The molecule has 7 heteroatoms. The van der Waals surface area contributed by atoms with Crippen LogP contribution < -0.4 is 5.73 Å². The van der Waals surface area contributed by atoms with Crippen molar-refractivity contribution >= 4 is 28.4 Å². The number of hydrogen-bond donors (Lipinski definition) is 2. The van der Waals surface area contributed by atoms with Crippen LogP contribution in [0.15, 0.2) is 18.2 Å². The van der Waals surface area contributed by atoms with Crippen LogP contribution in [-0.2, 0) is 4.74 Å². The van der Waals surface area contributed by atoms with Crippen LogP contribution in [0.3, 0.4) is 0 Å². The van der Waals surface area contributed by atoms with E-state index in [0.717, 1.165) is 0 Å². The van der Waals surface area contributed by atoms with Crippen molar-refractivity contribution in [1.82, 2.24) is 4.98 Å². The summed E-state index contributed by atoms with van der Waals surface area (Å²) in [4.78, 5) is 24.6. The van der Waals surface area contributed by atoms with E-state index in [0.29, 0.717) is 10.9 Å². The second-order valence-corrected chi connectivity index (χ2v) is 3.62. The third-order valence-electron chi connectivity index (χ3n) is 2.50. The van der Waals surface area contributed by atoms with E-state index < -0.39 is 10.9 Å². The van der Waals surface area contributed by atoms with Gasteiger partial charge < -0.3 is 15.5 Å². The third-order valence-corrected chi connectivity index (χ3v) is 2.50. The summed E-state index contributed by atoms with van der Waals surface area (Å²) < 4.78 is 4.88. The van der Waals surface area contributed by atoms with Gasteiger partial charge in [-0.1, -0.05) is 0 Å². The number of anilines is 1. The number of nitro groups is 1. The molecule has 0 unspecified atom stereocenters. The Morgan fingerprint density at radius 1 is 1.56 bits per heavy atom. The molecule has 0 aliphatic heterocycles. The third kappa shape index (κ3) is 1.86. The molecule has 1 aromatic heterocycles. The molecule has 0 bridgehead atoms. The maximum atomic E-state index is 11.7. The first kappa shape index (κ1) is 11.9. The number of nitrogen functional groups attached to an aromatic ring is 1. The molecule has 2 aromatic rings. The smallest absolute Gasteiger partial charge is 0.342 e. The van der Waals surface area contributed by atoms with Crippen LogP contribution in [0.1, 0.15) is 17.3 Å². The van der Waals surface area contributed by atoms with Gasteiger partial charge in [0.1, 0.15) is 11.4 Å². The van der Waals surface area contributed by atoms with Gasteiger partial charge in [0.2, 0.25) is 0 Å². The zero-order valence-electron chi connectivity index (χ0n) is 9.60. The van der Waals surface area contributed by atoms with Crippen molar-refractivity contribution in [2.45, 2.75) is 6.92 Å². The van der Waals surface area contributed by atoms with Crippen molar-refractivity contribution in [2.24, 2.45) is 0 Å². The molecule has 0 aliphatic carbocycles. The molecule has 0 radical (unpaired) electrons. The Labute approximate surface area is 102 Å². The topological polar surface area (TPSA) is 111 Å². The number of esters is 1. The minimum Gasteiger partial charge on any atom is -0.462 e. The number of aromatic nitrogens is 1. The Hall–Kier alpha value is -2.57. The molecule has 0 aliphatic rings. The van der Waals surface area contributed by atoms with Crippen LogP contribution in [0.5, 0.6) is 0 Å². The molecular formula is C11H11N3O4. The summed E-state index contributed by atoms with van der Waals surface area (Å²) in [5.41, 5.74) is 6.26. The normalized spacial score (nSPS) is 10.5. The lowest BCUT2D eigenvalue weighted by molar-refractivity contribution is -0.384. The average molecular weight is 249 g/mol. The largest absolute Gasteiger partial charge is 0.462 e. The number of nitro benzene ring substituents is 1. The Morgan fingerprint density at radius 3 is 2.89 bits per heavy atom. The fourth-order valence-electron chi connectivity index (χ4n) is 1.74. The molecular weight excluding hydrogens is 238 g/mol. The standard InChI is InChI=1S/C11H11N3O4/c1-2-18-11(15)9-7-4-3-6(14(16)17)5-8(7)13-10(9)12/h3-5,13H,2,12H2,1H3. The first-order valence-corrected chi connectivity index (χ1v) is 5.27. The Balaban J connectivity index is 2.59. The van der Waals surface area contributed by atoms with Crippen molar-refractivity contribution in [1.29, 1.82) is 0 Å². The van der Waals surface area contributed by atoms with Crippen molar-refractivity contribution in [3.63, 3.8) is 0 Å². The minimum atomic E-state index is -0.546. The average Bonchev–Trinajstić information content (AvgIpc) is 2.63. The first-order chi connectivity index (χ1) is 8.54. The van der Waals surface area contributed by atoms with E-state index in [2.05, 4.69) is 4.98 Å². The number of hydrogen-bond acceptors (Lipinski definition) is 5. The molecule has 0 saturated carbocycles. The maximum Gasteiger partial charge on any atom is 0.342 e. The molecule has 94 valence electrons. The summed E-state index contributed by atoms with van der Waals surface area (Å²) in [6.45, 7) is 1.92. The number of carbonyl (C=O) groups excluding carboxylic acids is 1. The molecule has 0 amide bonds. The number of fused-ring (bicyclic) bond motifs is 1. The van der Waals surface area contributed by atoms with Gasteiger partial charge in [0, 0.05) is 17.5 Å². The number of rotatable bonds is 3. The summed E-state index contributed by atoms with van der Waals surface area (Å²) in [5, 5.41) is 11.2. The molecule has 3 N–H and O–H groups in total. The van der Waals surface area contributed by atoms with E-state index in [9.17, 15) is 14.9 Å². The summed E-state index contributed by atoms with van der Waals surface area (Å²) >= 11 is 0. The SMILES string of the molecule is CCOC(=O)c1c(N)[nH]c2cc([N+](=O)[O-])ccc12. The molecule has 0 fully saturated rings. The molecule has 1 aromatic carbocycles. The van der Waals surface area contributed by atoms with Gasteiger partial charge in [-0.05, 0) is 13.0 Å². The predicted molar refractivity (Wildman–Crippen MR) is 65.3 cm³/mol. The van der Waals surface area contributed by atoms with Gasteiger partial charge in [0.05, 0.1) is 17.0 Å². The number of nitrogens with zero attached hydrogens (tertiary/aromatic N) is 1. The summed E-state index contributed by atoms with van der Waals surface area (Å²) in [5.74, 6) is -0.404. The van der Waals surface area contributed by atoms with Gasteiger partial charge in [0.25, 0.3) is 5.69 Å². The van der Waals surface area contributed by atoms with Crippen molar-refractivity contribution in [2.75, 3.05) is 12.3 Å². The van der Waals surface area contributed by atoms with E-state index in [-0.39, 0.29) is 23.7 Å². The zero-order valence-corrected chi connectivity index (χ0v) is 9.60. The highest BCUT2D eigenvalue weighted by Crippen LogP contribution is 2.28. The summed E-state index contributed by atoms with van der Waals surface area (Å²) in [6.07, 6.45) is 0. The molecule has 0 spiro atoms. The second kappa shape index (κ2) is 4.36. The number of non-ortho nitro benzene ring substituents is 1. The number of benzene rings is 1.